The Hall–Kier alpha value is -3.93. The van der Waals surface area contributed by atoms with E-state index in [-0.39, 0.29) is 44.0 Å². The zero-order chi connectivity index (χ0) is 43.7. The molecule has 0 heterocycles. The van der Waals surface area contributed by atoms with Crippen LogP contribution in [0.5, 0.6) is 0 Å². The predicted molar refractivity (Wildman–Crippen MR) is 256 cm³/mol. The Kier molecular flexibility index (Phi) is 44.6. The fraction of sp³-hybridized carbons (Fsp3) is 0.611. The van der Waals surface area contributed by atoms with Crippen molar-refractivity contribution in [2.75, 3.05) is 13.2 Å². The lowest BCUT2D eigenvalue weighted by Gasteiger charge is -2.18. The van der Waals surface area contributed by atoms with Gasteiger partial charge in [0.2, 0.25) is 0 Å². The molecule has 338 valence electrons. The van der Waals surface area contributed by atoms with Gasteiger partial charge in [0.15, 0.2) is 6.10 Å². The highest BCUT2D eigenvalue weighted by molar-refractivity contribution is 5.71. The van der Waals surface area contributed by atoms with Gasteiger partial charge in [0.1, 0.15) is 13.2 Å². The molecule has 0 aliphatic rings. The van der Waals surface area contributed by atoms with Crippen molar-refractivity contribution in [3.8, 4) is 0 Å². The van der Waals surface area contributed by atoms with Crippen molar-refractivity contribution in [1.29, 1.82) is 0 Å². The van der Waals surface area contributed by atoms with Gasteiger partial charge in [-0.1, -0.05) is 207 Å². The summed E-state index contributed by atoms with van der Waals surface area (Å²) in [5.74, 6) is -1.03. The van der Waals surface area contributed by atoms with Crippen LogP contribution in [-0.2, 0) is 28.6 Å². The fourth-order valence-corrected chi connectivity index (χ4v) is 6.11. The molecule has 0 aromatic rings. The standard InChI is InChI=1S/C54H86O6/c1-4-7-10-13-16-19-22-25-27-30-32-35-38-41-44-47-53(56)59-50-51(49-58-52(55)46-43-40-37-34-31-28-24-21-18-15-12-9-6-3)60-54(57)48-45-42-39-36-33-29-26-23-20-17-14-11-8-5-2/h7,9-10,12-13,15-16,18-19,21-22,24,28-29,31,33-34,37,51H,4-6,8,11,14,17,20,23,25-27,30,32,35-36,38-50H2,1-3H3/b10-7+,12-9+,16-13+,18-15+,22-19+,24-21+,31-28+,33-29+,37-34+. The highest BCUT2D eigenvalue weighted by atomic mass is 16.6. The van der Waals surface area contributed by atoms with Crippen LogP contribution in [0.1, 0.15) is 194 Å². The number of ether oxygens (including phenoxy) is 3. The van der Waals surface area contributed by atoms with Crippen LogP contribution in [0, 0.1) is 0 Å². The first-order valence-electron chi connectivity index (χ1n) is 24.0. The SMILES string of the molecule is CC/C=C/C=C/C=C/C=C/C=C/CCCC(=O)OCC(COC(=O)CCCCCCCCC/C=C/C=C/C=C/CC)OC(=O)CCCCC/C=C/CCCCCCCCC. The minimum Gasteiger partial charge on any atom is -0.462 e. The predicted octanol–water partition coefficient (Wildman–Crippen LogP) is 15.6. The molecule has 0 aliphatic carbocycles. The van der Waals surface area contributed by atoms with Gasteiger partial charge >= 0.3 is 17.9 Å². The van der Waals surface area contributed by atoms with Crippen LogP contribution in [-0.4, -0.2) is 37.2 Å². The molecule has 0 spiro atoms. The van der Waals surface area contributed by atoms with E-state index < -0.39 is 6.10 Å². The second-order valence-electron chi connectivity index (χ2n) is 15.4. The number of carbonyl (C=O) groups excluding carboxylic acids is 3. The third-order valence-corrected chi connectivity index (χ3v) is 9.68. The van der Waals surface area contributed by atoms with E-state index in [0.29, 0.717) is 12.8 Å². The number of esters is 3. The maximum Gasteiger partial charge on any atom is 0.306 e. The van der Waals surface area contributed by atoms with Crippen molar-refractivity contribution in [3.63, 3.8) is 0 Å². The number of hydrogen-bond donors (Lipinski definition) is 0. The normalized spacial score (nSPS) is 13.1. The van der Waals surface area contributed by atoms with E-state index in [2.05, 4.69) is 75.5 Å². The Bertz CT molecular complexity index is 1280. The Labute approximate surface area is 368 Å². The maximum atomic E-state index is 12.8. The second-order valence-corrected chi connectivity index (χ2v) is 15.4. The molecule has 0 aromatic carbocycles. The molecule has 0 N–H and O–H groups in total. The van der Waals surface area contributed by atoms with Gasteiger partial charge in [0, 0.05) is 19.3 Å². The molecule has 0 saturated heterocycles. The molecule has 6 nitrogen and oxygen atoms in total. The summed E-state index contributed by atoms with van der Waals surface area (Å²) in [5.41, 5.74) is 0. The van der Waals surface area contributed by atoms with E-state index >= 15 is 0 Å². The average molecular weight is 831 g/mol. The van der Waals surface area contributed by atoms with E-state index in [9.17, 15) is 14.4 Å². The second kappa shape index (κ2) is 47.7. The van der Waals surface area contributed by atoms with E-state index in [4.69, 9.17) is 14.2 Å². The van der Waals surface area contributed by atoms with Crippen LogP contribution < -0.4 is 0 Å². The molecule has 1 atom stereocenters. The minimum absolute atomic E-state index is 0.115. The number of unbranched alkanes of at least 4 members (excludes halogenated alkanes) is 18. The van der Waals surface area contributed by atoms with E-state index in [1.807, 2.05) is 54.7 Å². The Morgan fingerprint density at radius 1 is 0.350 bits per heavy atom. The van der Waals surface area contributed by atoms with E-state index in [1.165, 1.54) is 70.6 Å². The first-order valence-corrected chi connectivity index (χ1v) is 24.0. The summed E-state index contributed by atoms with van der Waals surface area (Å²) in [6.07, 6.45) is 63.6. The zero-order valence-electron chi connectivity index (χ0n) is 38.4. The van der Waals surface area contributed by atoms with Gasteiger partial charge in [-0.2, -0.15) is 0 Å². The summed E-state index contributed by atoms with van der Waals surface area (Å²) >= 11 is 0. The third kappa shape index (κ3) is 45.2. The molecule has 0 bridgehead atoms. The van der Waals surface area contributed by atoms with Crippen molar-refractivity contribution < 1.29 is 28.6 Å². The van der Waals surface area contributed by atoms with Gasteiger partial charge < -0.3 is 14.2 Å². The van der Waals surface area contributed by atoms with E-state index in [1.54, 1.807) is 0 Å². The van der Waals surface area contributed by atoms with Crippen LogP contribution in [0.4, 0.5) is 0 Å². The fourth-order valence-electron chi connectivity index (χ4n) is 6.11. The minimum atomic E-state index is -0.820. The smallest absolute Gasteiger partial charge is 0.306 e. The van der Waals surface area contributed by atoms with Crippen LogP contribution in [0.2, 0.25) is 0 Å². The highest BCUT2D eigenvalue weighted by Gasteiger charge is 2.19. The molecule has 1 unspecified atom stereocenters. The molecule has 0 saturated carbocycles. The van der Waals surface area contributed by atoms with Crippen LogP contribution in [0.25, 0.3) is 0 Å². The van der Waals surface area contributed by atoms with Gasteiger partial charge in [-0.05, 0) is 77.0 Å². The summed E-state index contributed by atoms with van der Waals surface area (Å²) in [5, 5.41) is 0. The first-order chi connectivity index (χ1) is 29.5. The van der Waals surface area contributed by atoms with Crippen molar-refractivity contribution in [3.05, 3.63) is 109 Å². The molecule has 0 aliphatic heterocycles. The Morgan fingerprint density at radius 2 is 0.683 bits per heavy atom. The summed E-state index contributed by atoms with van der Waals surface area (Å²) in [6, 6.07) is 0. The number of rotatable bonds is 41. The number of carbonyl (C=O) groups is 3. The van der Waals surface area contributed by atoms with Crippen LogP contribution in [0.3, 0.4) is 0 Å². The van der Waals surface area contributed by atoms with Gasteiger partial charge in [0.05, 0.1) is 0 Å². The van der Waals surface area contributed by atoms with Crippen molar-refractivity contribution in [2.45, 2.75) is 200 Å². The zero-order valence-corrected chi connectivity index (χ0v) is 38.4. The number of allylic oxidation sites excluding steroid dienone is 18. The van der Waals surface area contributed by atoms with Gasteiger partial charge in [-0.25, -0.2) is 0 Å². The molecule has 0 amide bonds. The van der Waals surface area contributed by atoms with Gasteiger partial charge in [-0.15, -0.1) is 0 Å². The molecular formula is C54H86O6. The topological polar surface area (TPSA) is 78.9 Å². The van der Waals surface area contributed by atoms with Gasteiger partial charge in [0.25, 0.3) is 0 Å². The van der Waals surface area contributed by atoms with E-state index in [0.717, 1.165) is 77.0 Å². The Balaban J connectivity index is 4.54. The lowest BCUT2D eigenvalue weighted by Crippen LogP contribution is -2.30. The molecule has 0 radical (unpaired) electrons. The van der Waals surface area contributed by atoms with Gasteiger partial charge in [-0.3, -0.25) is 14.4 Å². The molecule has 6 heteroatoms. The van der Waals surface area contributed by atoms with Crippen LogP contribution in [0.15, 0.2) is 109 Å². The van der Waals surface area contributed by atoms with Crippen molar-refractivity contribution >= 4 is 17.9 Å². The summed E-state index contributed by atoms with van der Waals surface area (Å²) in [7, 11) is 0. The molecule has 0 aromatic heterocycles. The van der Waals surface area contributed by atoms with Crippen molar-refractivity contribution in [2.24, 2.45) is 0 Å². The monoisotopic (exact) mass is 831 g/mol. The third-order valence-electron chi connectivity index (χ3n) is 9.68. The first kappa shape index (κ1) is 56.1. The summed E-state index contributed by atoms with van der Waals surface area (Å²) in [4.78, 5) is 37.8. The van der Waals surface area contributed by atoms with Crippen molar-refractivity contribution in [1.82, 2.24) is 0 Å². The molecular weight excluding hydrogens is 745 g/mol. The largest absolute Gasteiger partial charge is 0.462 e. The molecule has 0 rings (SSSR count). The van der Waals surface area contributed by atoms with Crippen LogP contribution >= 0.6 is 0 Å². The lowest BCUT2D eigenvalue weighted by atomic mass is 10.1. The highest BCUT2D eigenvalue weighted by Crippen LogP contribution is 2.13. The maximum absolute atomic E-state index is 12.8. The average Bonchev–Trinajstić information content (AvgIpc) is 3.24. The summed E-state index contributed by atoms with van der Waals surface area (Å²) in [6.45, 7) is 6.25. The summed E-state index contributed by atoms with van der Waals surface area (Å²) < 4.78 is 16.7. The number of hydrogen-bond acceptors (Lipinski definition) is 6. The Morgan fingerprint density at radius 3 is 1.15 bits per heavy atom. The molecule has 60 heavy (non-hydrogen) atoms. The molecule has 0 fully saturated rings. The quantitative estimate of drug-likeness (QED) is 0.0201. The lowest BCUT2D eigenvalue weighted by molar-refractivity contribution is -0.167.